The summed E-state index contributed by atoms with van der Waals surface area (Å²) < 4.78 is 5.39. The molecule has 25 heavy (non-hydrogen) atoms. The van der Waals surface area contributed by atoms with Gasteiger partial charge in [-0.15, -0.1) is 11.3 Å². The lowest BCUT2D eigenvalue weighted by atomic mass is 10.1. The number of fused-ring (bicyclic) bond motifs is 1. The Morgan fingerprint density at radius 1 is 1.44 bits per heavy atom. The van der Waals surface area contributed by atoms with Crippen LogP contribution in [0.5, 0.6) is 0 Å². The molecule has 138 valence electrons. The molecular formula is C17H26N4O3S. The minimum atomic E-state index is -0.495. The van der Waals surface area contributed by atoms with E-state index >= 15 is 0 Å². The second kappa shape index (κ2) is 7.29. The molecule has 1 saturated heterocycles. The van der Waals surface area contributed by atoms with Crippen molar-refractivity contribution in [2.75, 3.05) is 25.0 Å². The Balaban J connectivity index is 1.47. The highest BCUT2D eigenvalue weighted by Gasteiger charge is 2.31. The maximum absolute atomic E-state index is 12.3. The molecule has 2 aliphatic rings. The average Bonchev–Trinajstić information content (AvgIpc) is 3.11. The summed E-state index contributed by atoms with van der Waals surface area (Å²) in [5.74, 6) is 0.138. The highest BCUT2D eigenvalue weighted by molar-refractivity contribution is 7.15. The lowest BCUT2D eigenvalue weighted by Crippen LogP contribution is -2.35. The van der Waals surface area contributed by atoms with Gasteiger partial charge in [0.2, 0.25) is 5.91 Å². The first kappa shape index (κ1) is 18.1. The maximum atomic E-state index is 12.3. The molecule has 2 amide bonds. The van der Waals surface area contributed by atoms with Crippen molar-refractivity contribution < 1.29 is 14.3 Å². The molecule has 0 aromatic carbocycles. The number of nitrogens with one attached hydrogen (secondary N) is 2. The Hall–Kier alpha value is -1.67. The van der Waals surface area contributed by atoms with Crippen LogP contribution in [0.1, 0.15) is 44.2 Å². The van der Waals surface area contributed by atoms with Gasteiger partial charge in [-0.1, -0.05) is 0 Å². The van der Waals surface area contributed by atoms with Crippen molar-refractivity contribution in [3.63, 3.8) is 0 Å². The first-order valence-electron chi connectivity index (χ1n) is 8.77. The molecule has 1 atom stereocenters. The van der Waals surface area contributed by atoms with Gasteiger partial charge in [0, 0.05) is 43.9 Å². The van der Waals surface area contributed by atoms with E-state index < -0.39 is 5.60 Å². The highest BCUT2D eigenvalue weighted by Crippen LogP contribution is 2.27. The molecule has 1 fully saturated rings. The summed E-state index contributed by atoms with van der Waals surface area (Å²) in [7, 11) is 0. The van der Waals surface area contributed by atoms with Crippen LogP contribution in [-0.2, 0) is 22.5 Å². The topological polar surface area (TPSA) is 83.6 Å². The summed E-state index contributed by atoms with van der Waals surface area (Å²) in [6, 6.07) is 0. The van der Waals surface area contributed by atoms with Crippen molar-refractivity contribution in [2.45, 2.75) is 52.2 Å². The van der Waals surface area contributed by atoms with Gasteiger partial charge in [-0.3, -0.25) is 4.79 Å². The predicted octanol–water partition coefficient (Wildman–Crippen LogP) is 2.37. The monoisotopic (exact) mass is 366 g/mol. The Kier molecular flexibility index (Phi) is 5.29. The molecule has 0 radical (unpaired) electrons. The molecule has 0 aliphatic carbocycles. The average molecular weight is 366 g/mol. The zero-order valence-corrected chi connectivity index (χ0v) is 15.9. The van der Waals surface area contributed by atoms with Gasteiger partial charge < -0.3 is 20.3 Å². The van der Waals surface area contributed by atoms with Gasteiger partial charge >= 0.3 is 6.09 Å². The Labute approximate surface area is 152 Å². The first-order valence-corrected chi connectivity index (χ1v) is 9.59. The number of anilines is 1. The van der Waals surface area contributed by atoms with Crippen LogP contribution >= 0.6 is 11.3 Å². The van der Waals surface area contributed by atoms with Crippen LogP contribution in [0.25, 0.3) is 0 Å². The molecule has 8 heteroatoms. The molecule has 7 nitrogen and oxygen atoms in total. The van der Waals surface area contributed by atoms with Gasteiger partial charge in [0.25, 0.3) is 0 Å². The lowest BCUT2D eigenvalue weighted by Gasteiger charge is -2.24. The quantitative estimate of drug-likeness (QED) is 0.858. The number of likely N-dealkylation sites (tertiary alicyclic amines) is 1. The standard InChI is InChI=1S/C17H26N4O3S/c1-17(2,3)24-16(23)21-7-5-11(10-21)8-14(22)20-15-19-12-4-6-18-9-13(12)25-15/h11,18H,4-10H2,1-3H3,(H,19,20,22)/t11-/m1/s1. The van der Waals surface area contributed by atoms with Crippen molar-refractivity contribution in [1.29, 1.82) is 0 Å². The number of thiazole rings is 1. The van der Waals surface area contributed by atoms with E-state index in [4.69, 9.17) is 4.74 Å². The molecule has 1 aromatic rings. The van der Waals surface area contributed by atoms with E-state index in [1.807, 2.05) is 20.8 Å². The Morgan fingerprint density at radius 3 is 2.96 bits per heavy atom. The molecule has 2 N–H and O–H groups in total. The summed E-state index contributed by atoms with van der Waals surface area (Å²) in [5, 5.41) is 6.90. The van der Waals surface area contributed by atoms with Crippen LogP contribution in [0.4, 0.5) is 9.93 Å². The van der Waals surface area contributed by atoms with E-state index in [9.17, 15) is 9.59 Å². The van der Waals surface area contributed by atoms with Gasteiger partial charge in [0.05, 0.1) is 5.69 Å². The zero-order chi connectivity index (χ0) is 18.0. The number of ether oxygens (including phenoxy) is 1. The van der Waals surface area contributed by atoms with Crippen LogP contribution in [-0.4, -0.2) is 47.1 Å². The number of rotatable bonds is 3. The van der Waals surface area contributed by atoms with Crippen molar-refractivity contribution in [1.82, 2.24) is 15.2 Å². The molecule has 3 rings (SSSR count). The second-order valence-corrected chi connectivity index (χ2v) is 8.73. The van der Waals surface area contributed by atoms with E-state index in [2.05, 4.69) is 15.6 Å². The van der Waals surface area contributed by atoms with Crippen molar-refractivity contribution in [2.24, 2.45) is 5.92 Å². The van der Waals surface area contributed by atoms with Gasteiger partial charge in [0.1, 0.15) is 5.60 Å². The smallest absolute Gasteiger partial charge is 0.410 e. The Morgan fingerprint density at radius 2 is 2.24 bits per heavy atom. The van der Waals surface area contributed by atoms with Crippen molar-refractivity contribution >= 4 is 28.5 Å². The third kappa shape index (κ3) is 4.92. The third-order valence-electron chi connectivity index (χ3n) is 4.26. The van der Waals surface area contributed by atoms with Gasteiger partial charge in [-0.2, -0.15) is 0 Å². The van der Waals surface area contributed by atoms with Crippen molar-refractivity contribution in [3.8, 4) is 0 Å². The van der Waals surface area contributed by atoms with Gasteiger partial charge in [0.15, 0.2) is 5.13 Å². The fraction of sp³-hybridized carbons (Fsp3) is 0.706. The zero-order valence-electron chi connectivity index (χ0n) is 15.1. The fourth-order valence-electron chi connectivity index (χ4n) is 3.10. The highest BCUT2D eigenvalue weighted by atomic mass is 32.1. The lowest BCUT2D eigenvalue weighted by molar-refractivity contribution is -0.117. The number of aromatic nitrogens is 1. The molecule has 0 saturated carbocycles. The first-order chi connectivity index (χ1) is 11.8. The number of carbonyl (C=O) groups is 2. The Bertz CT molecular complexity index is 629. The summed E-state index contributed by atoms with van der Waals surface area (Å²) >= 11 is 1.54. The van der Waals surface area contributed by atoms with Crippen LogP contribution in [0.15, 0.2) is 0 Å². The van der Waals surface area contributed by atoms with E-state index in [1.54, 1.807) is 16.2 Å². The van der Waals surface area contributed by atoms with Crippen LogP contribution in [0, 0.1) is 5.92 Å². The molecule has 0 spiro atoms. The predicted molar refractivity (Wildman–Crippen MR) is 96.7 cm³/mol. The number of amides is 2. The summed E-state index contributed by atoms with van der Waals surface area (Å²) in [4.78, 5) is 31.8. The number of carbonyl (C=O) groups excluding carboxylic acids is 2. The maximum Gasteiger partial charge on any atom is 0.410 e. The van der Waals surface area contributed by atoms with Gasteiger partial charge in [-0.25, -0.2) is 9.78 Å². The summed E-state index contributed by atoms with van der Waals surface area (Å²) in [6.07, 6.45) is 1.84. The second-order valence-electron chi connectivity index (χ2n) is 7.65. The molecule has 0 unspecified atom stereocenters. The van der Waals surface area contributed by atoms with E-state index in [1.165, 1.54) is 4.88 Å². The minimum absolute atomic E-state index is 0.0323. The van der Waals surface area contributed by atoms with E-state index in [-0.39, 0.29) is 17.9 Å². The van der Waals surface area contributed by atoms with Crippen LogP contribution in [0.3, 0.4) is 0 Å². The largest absolute Gasteiger partial charge is 0.444 e. The molecule has 3 heterocycles. The van der Waals surface area contributed by atoms with Gasteiger partial charge in [-0.05, 0) is 33.1 Å². The van der Waals surface area contributed by atoms with Crippen molar-refractivity contribution in [3.05, 3.63) is 10.6 Å². The third-order valence-corrected chi connectivity index (χ3v) is 5.27. The number of hydrogen-bond acceptors (Lipinski definition) is 6. The SMILES string of the molecule is CC(C)(C)OC(=O)N1CC[C@H](CC(=O)Nc2nc3c(s2)CNCC3)C1. The van der Waals surface area contributed by atoms with Crippen LogP contribution < -0.4 is 10.6 Å². The van der Waals surface area contributed by atoms with E-state index in [0.717, 1.165) is 31.6 Å². The van der Waals surface area contributed by atoms with Crippen LogP contribution in [0.2, 0.25) is 0 Å². The number of hydrogen-bond donors (Lipinski definition) is 2. The molecule has 1 aromatic heterocycles. The molecular weight excluding hydrogens is 340 g/mol. The van der Waals surface area contributed by atoms with E-state index in [0.29, 0.717) is 24.6 Å². The molecule has 2 aliphatic heterocycles. The summed E-state index contributed by atoms with van der Waals surface area (Å²) in [6.45, 7) is 8.55. The number of nitrogens with zero attached hydrogens (tertiary/aromatic N) is 2. The fourth-order valence-corrected chi connectivity index (χ4v) is 4.10. The molecule has 0 bridgehead atoms. The normalized spacial score (nSPS) is 20.3. The summed E-state index contributed by atoms with van der Waals surface area (Å²) in [5.41, 5.74) is 0.599. The minimum Gasteiger partial charge on any atom is -0.444 e.